The number of rotatable bonds is 5. The van der Waals surface area contributed by atoms with Crippen LogP contribution in [0.3, 0.4) is 0 Å². The van der Waals surface area contributed by atoms with E-state index in [0.29, 0.717) is 18.8 Å². The molecule has 0 aliphatic rings. The van der Waals surface area contributed by atoms with E-state index in [-0.39, 0.29) is 11.6 Å². The first kappa shape index (κ1) is 15.9. The summed E-state index contributed by atoms with van der Waals surface area (Å²) in [5, 5.41) is 0. The van der Waals surface area contributed by atoms with E-state index in [1.54, 1.807) is 0 Å². The molecular formula is C14H17ClO3S. The fourth-order valence-corrected chi connectivity index (χ4v) is 2.21. The lowest BCUT2D eigenvalue weighted by Crippen LogP contribution is -2.08. The summed E-state index contributed by atoms with van der Waals surface area (Å²) in [6.07, 6.45) is 1.69. The molecule has 0 aromatic heterocycles. The Morgan fingerprint density at radius 2 is 2.11 bits per heavy atom. The van der Waals surface area contributed by atoms with Crippen LogP contribution in [0.15, 0.2) is 18.2 Å². The van der Waals surface area contributed by atoms with Crippen molar-refractivity contribution in [1.29, 1.82) is 0 Å². The van der Waals surface area contributed by atoms with Crippen LogP contribution in [-0.2, 0) is 9.84 Å². The maximum atomic E-state index is 11.0. The molecule has 19 heavy (non-hydrogen) atoms. The summed E-state index contributed by atoms with van der Waals surface area (Å²) in [5.74, 6) is 6.78. The van der Waals surface area contributed by atoms with Crippen molar-refractivity contribution < 1.29 is 13.2 Å². The fraction of sp³-hybridized carbons (Fsp3) is 0.429. The minimum atomic E-state index is -2.93. The standard InChI is InChI=1S/C14H17ClO3S/c1-12-6-7-14(13(11-12)5-3-8-15)18-9-4-10-19(2,16)17/h6-7,11H,4,8-10H2,1-2H3. The average Bonchev–Trinajstić information content (AvgIpc) is 2.32. The third kappa shape index (κ3) is 6.51. The topological polar surface area (TPSA) is 43.4 Å². The second-order valence-electron chi connectivity index (χ2n) is 4.27. The Hall–Kier alpha value is -1.18. The van der Waals surface area contributed by atoms with Gasteiger partial charge in [0.1, 0.15) is 15.6 Å². The molecule has 0 fully saturated rings. The molecule has 0 saturated heterocycles. The largest absolute Gasteiger partial charge is 0.492 e. The molecule has 1 aromatic rings. The van der Waals surface area contributed by atoms with E-state index in [0.717, 1.165) is 11.1 Å². The van der Waals surface area contributed by atoms with Crippen LogP contribution in [-0.4, -0.2) is 32.9 Å². The lowest BCUT2D eigenvalue weighted by molar-refractivity contribution is 0.317. The molecule has 0 saturated carbocycles. The molecular weight excluding hydrogens is 284 g/mol. The van der Waals surface area contributed by atoms with E-state index in [1.807, 2.05) is 25.1 Å². The molecule has 0 bridgehead atoms. The molecule has 0 spiro atoms. The second-order valence-corrected chi connectivity index (χ2v) is 6.79. The number of ether oxygens (including phenoxy) is 1. The lowest BCUT2D eigenvalue weighted by Gasteiger charge is -2.08. The van der Waals surface area contributed by atoms with Gasteiger partial charge in [-0.1, -0.05) is 17.9 Å². The zero-order chi connectivity index (χ0) is 14.3. The van der Waals surface area contributed by atoms with E-state index >= 15 is 0 Å². The van der Waals surface area contributed by atoms with Gasteiger partial charge in [-0.3, -0.25) is 0 Å². The summed E-state index contributed by atoms with van der Waals surface area (Å²) in [7, 11) is -2.93. The molecule has 0 radical (unpaired) electrons. The highest BCUT2D eigenvalue weighted by atomic mass is 35.5. The highest BCUT2D eigenvalue weighted by Crippen LogP contribution is 2.19. The summed E-state index contributed by atoms with van der Waals surface area (Å²) in [6.45, 7) is 2.32. The number of hydrogen-bond donors (Lipinski definition) is 0. The zero-order valence-electron chi connectivity index (χ0n) is 11.1. The summed E-state index contributed by atoms with van der Waals surface area (Å²) < 4.78 is 27.6. The predicted octanol–water partition coefficient (Wildman–Crippen LogP) is 2.40. The van der Waals surface area contributed by atoms with Crippen LogP contribution in [0.1, 0.15) is 17.5 Å². The SMILES string of the molecule is Cc1ccc(OCCCS(C)(=O)=O)c(C#CCCl)c1. The van der Waals surface area contributed by atoms with Crippen LogP contribution in [0, 0.1) is 18.8 Å². The zero-order valence-corrected chi connectivity index (χ0v) is 12.6. The van der Waals surface area contributed by atoms with Crippen molar-refractivity contribution in [3.63, 3.8) is 0 Å². The van der Waals surface area contributed by atoms with Crippen molar-refractivity contribution >= 4 is 21.4 Å². The number of halogens is 1. The molecule has 1 rings (SSSR count). The Morgan fingerprint density at radius 1 is 1.37 bits per heavy atom. The van der Waals surface area contributed by atoms with Crippen molar-refractivity contribution in [3.05, 3.63) is 29.3 Å². The number of hydrogen-bond acceptors (Lipinski definition) is 3. The van der Waals surface area contributed by atoms with E-state index in [1.165, 1.54) is 6.26 Å². The van der Waals surface area contributed by atoms with Crippen LogP contribution >= 0.6 is 11.6 Å². The van der Waals surface area contributed by atoms with Gasteiger partial charge >= 0.3 is 0 Å². The number of aryl methyl sites for hydroxylation is 1. The van der Waals surface area contributed by atoms with Gasteiger partial charge in [-0.15, -0.1) is 11.6 Å². The summed E-state index contributed by atoms with van der Waals surface area (Å²) in [6, 6.07) is 5.69. The van der Waals surface area contributed by atoms with Gasteiger partial charge in [0.25, 0.3) is 0 Å². The van der Waals surface area contributed by atoms with Crippen LogP contribution < -0.4 is 4.74 Å². The first-order valence-corrected chi connectivity index (χ1v) is 8.48. The van der Waals surface area contributed by atoms with E-state index in [9.17, 15) is 8.42 Å². The van der Waals surface area contributed by atoms with Crippen LogP contribution in [0.5, 0.6) is 5.75 Å². The molecule has 0 aliphatic carbocycles. The van der Waals surface area contributed by atoms with Crippen molar-refractivity contribution in [2.75, 3.05) is 24.5 Å². The van der Waals surface area contributed by atoms with Crippen LogP contribution in [0.25, 0.3) is 0 Å². The monoisotopic (exact) mass is 300 g/mol. The molecule has 0 heterocycles. The van der Waals surface area contributed by atoms with E-state index in [2.05, 4.69) is 11.8 Å². The first-order valence-electron chi connectivity index (χ1n) is 5.88. The van der Waals surface area contributed by atoms with Gasteiger partial charge in [0, 0.05) is 6.26 Å². The van der Waals surface area contributed by atoms with Gasteiger partial charge in [0.15, 0.2) is 0 Å². The molecule has 0 aliphatic heterocycles. The van der Waals surface area contributed by atoms with E-state index in [4.69, 9.17) is 16.3 Å². The lowest BCUT2D eigenvalue weighted by atomic mass is 10.1. The fourth-order valence-electron chi connectivity index (χ4n) is 1.50. The van der Waals surface area contributed by atoms with Gasteiger partial charge in [0.05, 0.1) is 23.8 Å². The number of alkyl halides is 1. The highest BCUT2D eigenvalue weighted by molar-refractivity contribution is 7.90. The molecule has 0 unspecified atom stereocenters. The average molecular weight is 301 g/mol. The smallest absolute Gasteiger partial charge is 0.147 e. The van der Waals surface area contributed by atoms with Crippen molar-refractivity contribution in [3.8, 4) is 17.6 Å². The minimum Gasteiger partial charge on any atom is -0.492 e. The third-order valence-corrected chi connectivity index (χ3v) is 3.51. The Bertz CT molecular complexity index is 582. The summed E-state index contributed by atoms with van der Waals surface area (Å²) in [5.41, 5.74) is 1.86. The molecule has 5 heteroatoms. The molecule has 3 nitrogen and oxygen atoms in total. The van der Waals surface area contributed by atoms with Gasteiger partial charge in [-0.2, -0.15) is 0 Å². The van der Waals surface area contributed by atoms with Gasteiger partial charge in [0.2, 0.25) is 0 Å². The van der Waals surface area contributed by atoms with Crippen LogP contribution in [0.2, 0.25) is 0 Å². The van der Waals surface area contributed by atoms with Gasteiger partial charge < -0.3 is 4.74 Å². The van der Waals surface area contributed by atoms with Crippen molar-refractivity contribution in [2.45, 2.75) is 13.3 Å². The number of sulfone groups is 1. The first-order chi connectivity index (χ1) is 8.92. The Morgan fingerprint density at radius 3 is 2.74 bits per heavy atom. The normalized spacial score (nSPS) is 10.7. The Kier molecular flexibility index (Phi) is 6.20. The number of benzene rings is 1. The van der Waals surface area contributed by atoms with Crippen molar-refractivity contribution in [1.82, 2.24) is 0 Å². The maximum absolute atomic E-state index is 11.0. The van der Waals surface area contributed by atoms with Gasteiger partial charge in [-0.05, 0) is 31.0 Å². The minimum absolute atomic E-state index is 0.127. The van der Waals surface area contributed by atoms with E-state index < -0.39 is 9.84 Å². The Balaban J connectivity index is 2.67. The Labute approximate surface area is 119 Å². The summed E-state index contributed by atoms with van der Waals surface area (Å²) >= 11 is 5.54. The second kappa shape index (κ2) is 7.42. The quantitative estimate of drug-likeness (QED) is 0.476. The molecule has 0 amide bonds. The van der Waals surface area contributed by atoms with Crippen molar-refractivity contribution in [2.24, 2.45) is 0 Å². The predicted molar refractivity (Wildman–Crippen MR) is 78.6 cm³/mol. The molecule has 0 atom stereocenters. The van der Waals surface area contributed by atoms with Gasteiger partial charge in [-0.25, -0.2) is 8.42 Å². The maximum Gasteiger partial charge on any atom is 0.147 e. The molecule has 1 aromatic carbocycles. The summed E-state index contributed by atoms with van der Waals surface area (Å²) in [4.78, 5) is 0. The third-order valence-electron chi connectivity index (χ3n) is 2.34. The van der Waals surface area contributed by atoms with Crippen LogP contribution in [0.4, 0.5) is 0 Å². The highest BCUT2D eigenvalue weighted by Gasteiger charge is 2.04. The molecule has 104 valence electrons. The molecule has 0 N–H and O–H groups in total.